The monoisotopic (exact) mass is 308 g/mol. The molecule has 0 aliphatic heterocycles. The van der Waals surface area contributed by atoms with Crippen LogP contribution in [0.1, 0.15) is 16.1 Å². The van der Waals surface area contributed by atoms with Gasteiger partial charge in [0.15, 0.2) is 11.5 Å². The molecule has 0 aliphatic carbocycles. The molecule has 0 unspecified atom stereocenters. The molecule has 0 bridgehead atoms. The molecule has 0 atom stereocenters. The van der Waals surface area contributed by atoms with E-state index in [0.717, 1.165) is 11.3 Å². The van der Waals surface area contributed by atoms with E-state index in [4.69, 9.17) is 5.73 Å². The number of hydrogen-bond donors (Lipinski definition) is 2. The molecule has 1 aromatic carbocycles. The van der Waals surface area contributed by atoms with Gasteiger partial charge in [-0.15, -0.1) is 0 Å². The summed E-state index contributed by atoms with van der Waals surface area (Å²) in [5, 5.41) is 6.97. The van der Waals surface area contributed by atoms with Crippen LogP contribution in [0, 0.1) is 0 Å². The van der Waals surface area contributed by atoms with E-state index in [1.807, 2.05) is 36.5 Å². The third-order valence-electron chi connectivity index (χ3n) is 3.35. The molecule has 0 saturated heterocycles. The molecular weight excluding hydrogens is 292 g/mol. The lowest BCUT2D eigenvalue weighted by Crippen LogP contribution is -2.27. The number of nitrogen functional groups attached to an aromatic ring is 1. The Bertz CT molecular complexity index is 783. The maximum atomic E-state index is 12.0. The Kier molecular flexibility index (Phi) is 4.28. The van der Waals surface area contributed by atoms with Crippen molar-refractivity contribution in [1.29, 1.82) is 0 Å². The molecular formula is C16H16N6O. The minimum Gasteiger partial charge on any atom is -0.382 e. The summed E-state index contributed by atoms with van der Waals surface area (Å²) in [5.74, 6) is -0.183. The number of carbonyl (C=O) groups is 1. The van der Waals surface area contributed by atoms with Gasteiger partial charge in [-0.3, -0.25) is 4.79 Å². The lowest BCUT2D eigenvalue weighted by Gasteiger charge is -2.07. The van der Waals surface area contributed by atoms with Gasteiger partial charge in [-0.25, -0.2) is 14.6 Å². The molecule has 2 heterocycles. The van der Waals surface area contributed by atoms with Crippen LogP contribution in [0.15, 0.2) is 55.1 Å². The van der Waals surface area contributed by atoms with Crippen LogP contribution < -0.4 is 11.1 Å². The summed E-state index contributed by atoms with van der Waals surface area (Å²) in [6.07, 6.45) is 7.24. The SMILES string of the molecule is Nc1nccnc1C(=O)NCCc1ccc(-n2cccn2)cc1. The predicted molar refractivity (Wildman–Crippen MR) is 86.0 cm³/mol. The molecule has 2 aromatic heterocycles. The Morgan fingerprint density at radius 2 is 1.91 bits per heavy atom. The van der Waals surface area contributed by atoms with Gasteiger partial charge in [0.1, 0.15) is 0 Å². The largest absolute Gasteiger partial charge is 0.382 e. The van der Waals surface area contributed by atoms with Crippen molar-refractivity contribution in [1.82, 2.24) is 25.1 Å². The Morgan fingerprint density at radius 1 is 1.13 bits per heavy atom. The summed E-state index contributed by atoms with van der Waals surface area (Å²) >= 11 is 0. The fraction of sp³-hybridized carbons (Fsp3) is 0.125. The van der Waals surface area contributed by atoms with E-state index >= 15 is 0 Å². The third kappa shape index (κ3) is 3.52. The van der Waals surface area contributed by atoms with Crippen molar-refractivity contribution in [2.24, 2.45) is 0 Å². The molecule has 116 valence electrons. The average molecular weight is 308 g/mol. The summed E-state index contributed by atoms with van der Waals surface area (Å²) in [7, 11) is 0. The summed E-state index contributed by atoms with van der Waals surface area (Å²) in [6.45, 7) is 0.496. The second kappa shape index (κ2) is 6.69. The number of hydrogen-bond acceptors (Lipinski definition) is 5. The highest BCUT2D eigenvalue weighted by Gasteiger charge is 2.10. The van der Waals surface area contributed by atoms with Crippen LogP contribution in [0.3, 0.4) is 0 Å². The fourth-order valence-corrected chi connectivity index (χ4v) is 2.16. The van der Waals surface area contributed by atoms with Gasteiger partial charge in [0.2, 0.25) is 0 Å². The van der Waals surface area contributed by atoms with Gasteiger partial charge in [0.05, 0.1) is 5.69 Å². The zero-order valence-corrected chi connectivity index (χ0v) is 12.4. The summed E-state index contributed by atoms with van der Waals surface area (Å²) < 4.78 is 1.79. The van der Waals surface area contributed by atoms with E-state index in [-0.39, 0.29) is 17.4 Å². The van der Waals surface area contributed by atoms with Crippen molar-refractivity contribution in [2.45, 2.75) is 6.42 Å². The van der Waals surface area contributed by atoms with Crippen LogP contribution in [0.2, 0.25) is 0 Å². The van der Waals surface area contributed by atoms with Crippen molar-refractivity contribution in [3.8, 4) is 5.69 Å². The van der Waals surface area contributed by atoms with E-state index in [9.17, 15) is 4.79 Å². The number of aromatic nitrogens is 4. The minimum absolute atomic E-state index is 0.133. The zero-order valence-electron chi connectivity index (χ0n) is 12.4. The molecule has 3 aromatic rings. The molecule has 23 heavy (non-hydrogen) atoms. The van der Waals surface area contributed by atoms with Crippen LogP contribution in [0.5, 0.6) is 0 Å². The summed E-state index contributed by atoms with van der Waals surface area (Å²) in [4.78, 5) is 19.7. The number of benzene rings is 1. The van der Waals surface area contributed by atoms with E-state index in [1.54, 1.807) is 10.9 Å². The zero-order chi connectivity index (χ0) is 16.1. The fourth-order valence-electron chi connectivity index (χ4n) is 2.16. The van der Waals surface area contributed by atoms with E-state index in [1.165, 1.54) is 12.4 Å². The maximum absolute atomic E-state index is 12.0. The predicted octanol–water partition coefficient (Wildman–Crippen LogP) is 1.22. The van der Waals surface area contributed by atoms with Crippen LogP contribution in [0.25, 0.3) is 5.69 Å². The first-order valence-electron chi connectivity index (χ1n) is 7.17. The van der Waals surface area contributed by atoms with E-state index < -0.39 is 0 Å². The van der Waals surface area contributed by atoms with Gasteiger partial charge in [0, 0.05) is 31.3 Å². The Morgan fingerprint density at radius 3 is 2.61 bits per heavy atom. The maximum Gasteiger partial charge on any atom is 0.273 e. The van der Waals surface area contributed by atoms with Crippen LogP contribution in [0.4, 0.5) is 5.82 Å². The van der Waals surface area contributed by atoms with Gasteiger partial charge >= 0.3 is 0 Å². The highest BCUT2D eigenvalue weighted by atomic mass is 16.1. The van der Waals surface area contributed by atoms with E-state index in [0.29, 0.717) is 13.0 Å². The van der Waals surface area contributed by atoms with Crippen LogP contribution >= 0.6 is 0 Å². The first-order chi connectivity index (χ1) is 11.2. The second-order valence-electron chi connectivity index (χ2n) is 4.91. The number of nitrogens with two attached hydrogens (primary N) is 1. The molecule has 7 heteroatoms. The molecule has 0 radical (unpaired) electrons. The summed E-state index contributed by atoms with van der Waals surface area (Å²) in [5.41, 5.74) is 7.89. The Hall–Kier alpha value is -3.22. The highest BCUT2D eigenvalue weighted by Crippen LogP contribution is 2.09. The number of rotatable bonds is 5. The number of nitrogens with one attached hydrogen (secondary N) is 1. The van der Waals surface area contributed by atoms with Crippen molar-refractivity contribution in [3.05, 3.63) is 66.4 Å². The van der Waals surface area contributed by atoms with Crippen molar-refractivity contribution in [2.75, 3.05) is 12.3 Å². The molecule has 0 fully saturated rings. The normalized spacial score (nSPS) is 10.4. The third-order valence-corrected chi connectivity index (χ3v) is 3.35. The average Bonchev–Trinajstić information content (AvgIpc) is 3.10. The Balaban J connectivity index is 1.55. The van der Waals surface area contributed by atoms with Crippen molar-refractivity contribution < 1.29 is 4.79 Å². The molecule has 3 rings (SSSR count). The number of nitrogens with zero attached hydrogens (tertiary/aromatic N) is 4. The van der Waals surface area contributed by atoms with Gasteiger partial charge in [-0.05, 0) is 30.2 Å². The highest BCUT2D eigenvalue weighted by molar-refractivity contribution is 5.96. The Labute approximate surface area is 133 Å². The molecule has 0 spiro atoms. The quantitative estimate of drug-likeness (QED) is 0.738. The molecule has 3 N–H and O–H groups in total. The van der Waals surface area contributed by atoms with Crippen LogP contribution in [-0.2, 0) is 6.42 Å². The molecule has 0 saturated carbocycles. The molecule has 0 aliphatic rings. The summed E-state index contributed by atoms with van der Waals surface area (Å²) in [6, 6.07) is 9.89. The van der Waals surface area contributed by atoms with Crippen molar-refractivity contribution >= 4 is 11.7 Å². The number of amides is 1. The van der Waals surface area contributed by atoms with Gasteiger partial charge in [0.25, 0.3) is 5.91 Å². The smallest absolute Gasteiger partial charge is 0.273 e. The lowest BCUT2D eigenvalue weighted by molar-refractivity contribution is 0.0950. The topological polar surface area (TPSA) is 98.7 Å². The first-order valence-corrected chi connectivity index (χ1v) is 7.17. The molecule has 7 nitrogen and oxygen atoms in total. The van der Waals surface area contributed by atoms with E-state index in [2.05, 4.69) is 20.4 Å². The van der Waals surface area contributed by atoms with Gasteiger partial charge in [-0.1, -0.05) is 12.1 Å². The second-order valence-corrected chi connectivity index (χ2v) is 4.91. The van der Waals surface area contributed by atoms with Gasteiger partial charge < -0.3 is 11.1 Å². The molecule has 1 amide bonds. The number of carbonyl (C=O) groups excluding carboxylic acids is 1. The standard InChI is InChI=1S/C16H16N6O/c17-15-14(18-9-10-19-15)16(23)20-8-6-12-2-4-13(5-3-12)22-11-1-7-21-22/h1-5,7,9-11H,6,8H2,(H2,17,19)(H,20,23). The van der Waals surface area contributed by atoms with Crippen LogP contribution in [-0.4, -0.2) is 32.2 Å². The number of anilines is 1. The van der Waals surface area contributed by atoms with Crippen molar-refractivity contribution in [3.63, 3.8) is 0 Å². The minimum atomic E-state index is -0.316. The lowest BCUT2D eigenvalue weighted by atomic mass is 10.1. The first kappa shape index (κ1) is 14.7. The van der Waals surface area contributed by atoms with Gasteiger partial charge in [-0.2, -0.15) is 5.10 Å².